The molecule has 0 aromatic carbocycles. The molecule has 1 amide bonds. The molecule has 1 saturated carbocycles. The summed E-state index contributed by atoms with van der Waals surface area (Å²) < 4.78 is 33.6. The molecule has 1 aliphatic rings. The monoisotopic (exact) mass is 423 g/mol. The fourth-order valence-corrected chi connectivity index (χ4v) is 5.66. The van der Waals surface area contributed by atoms with Crippen LogP contribution in [0.5, 0.6) is 0 Å². The molecule has 7 nitrogen and oxygen atoms in total. The van der Waals surface area contributed by atoms with E-state index in [1.54, 1.807) is 38.1 Å². The first-order chi connectivity index (χ1) is 13.4. The Balaban J connectivity index is 1.71. The van der Waals surface area contributed by atoms with E-state index < -0.39 is 10.0 Å². The van der Waals surface area contributed by atoms with E-state index in [-0.39, 0.29) is 11.9 Å². The average Bonchev–Trinajstić information content (AvgIpc) is 3.29. The Bertz CT molecular complexity index is 954. The van der Waals surface area contributed by atoms with Gasteiger partial charge in [-0.1, -0.05) is 31.3 Å². The first-order valence-corrected chi connectivity index (χ1v) is 11.8. The van der Waals surface area contributed by atoms with Gasteiger partial charge >= 0.3 is 0 Å². The number of amides is 1. The van der Waals surface area contributed by atoms with Crippen LogP contribution in [0, 0.1) is 6.92 Å². The second kappa shape index (κ2) is 9.02. The Morgan fingerprint density at radius 1 is 1.29 bits per heavy atom. The predicted molar refractivity (Wildman–Crippen MR) is 111 cm³/mol. The minimum atomic E-state index is -3.50. The topological polar surface area (TPSA) is 101 Å². The van der Waals surface area contributed by atoms with E-state index in [2.05, 4.69) is 15.2 Å². The van der Waals surface area contributed by atoms with Crippen molar-refractivity contribution in [1.29, 1.82) is 0 Å². The van der Waals surface area contributed by atoms with Gasteiger partial charge in [0.25, 0.3) is 0 Å². The molecular formula is C19H25N3O4S2. The van der Waals surface area contributed by atoms with Crippen molar-refractivity contribution in [1.82, 2.24) is 9.88 Å². The zero-order chi connectivity index (χ0) is 20.1. The molecular weight excluding hydrogens is 398 g/mol. The molecule has 0 bridgehead atoms. The average molecular weight is 424 g/mol. The predicted octanol–water partition coefficient (Wildman–Crippen LogP) is 4.17. The Morgan fingerprint density at radius 3 is 2.75 bits per heavy atom. The van der Waals surface area contributed by atoms with Crippen LogP contribution in [-0.2, 0) is 14.8 Å². The molecule has 2 N–H and O–H groups in total. The summed E-state index contributed by atoms with van der Waals surface area (Å²) in [6.45, 7) is 3.52. The number of nitrogens with one attached hydrogen (secondary N) is 2. The van der Waals surface area contributed by atoms with Crippen LogP contribution < -0.4 is 10.0 Å². The van der Waals surface area contributed by atoms with E-state index in [0.29, 0.717) is 27.8 Å². The number of carbonyl (C=O) groups is 1. The molecule has 0 atom stereocenters. The second-order valence-electron chi connectivity index (χ2n) is 6.86. The van der Waals surface area contributed by atoms with E-state index in [1.807, 2.05) is 0 Å². The summed E-state index contributed by atoms with van der Waals surface area (Å²) in [6, 6.07) is 3.40. The number of nitrogens with zero attached hydrogens (tertiary/aromatic N) is 1. The van der Waals surface area contributed by atoms with Gasteiger partial charge in [0.2, 0.25) is 15.9 Å². The molecule has 28 heavy (non-hydrogen) atoms. The summed E-state index contributed by atoms with van der Waals surface area (Å²) in [7, 11) is -3.50. The molecule has 9 heteroatoms. The van der Waals surface area contributed by atoms with Crippen LogP contribution in [0.2, 0.25) is 0 Å². The van der Waals surface area contributed by atoms with Crippen molar-refractivity contribution in [3.05, 3.63) is 28.5 Å². The molecule has 3 rings (SSSR count). The maximum atomic E-state index is 12.6. The van der Waals surface area contributed by atoms with Crippen LogP contribution in [0.1, 0.15) is 61.8 Å². The highest BCUT2D eigenvalue weighted by Gasteiger charge is 2.23. The minimum Gasteiger partial charge on any atom is -0.354 e. The van der Waals surface area contributed by atoms with Gasteiger partial charge in [-0.2, -0.15) is 0 Å². The zero-order valence-corrected chi connectivity index (χ0v) is 17.7. The first-order valence-electron chi connectivity index (χ1n) is 9.45. The zero-order valence-electron chi connectivity index (χ0n) is 16.0. The Hall–Kier alpha value is -1.97. The molecule has 2 aromatic rings. The number of aromatic nitrogens is 1. The highest BCUT2D eigenvalue weighted by atomic mass is 32.2. The number of thiophene rings is 1. The summed E-state index contributed by atoms with van der Waals surface area (Å²) in [6.07, 6.45) is 8.90. The van der Waals surface area contributed by atoms with Crippen molar-refractivity contribution in [3.63, 3.8) is 0 Å². The number of carbonyl (C=O) groups excluding carboxylic acids is 1. The third-order valence-corrected chi connectivity index (χ3v) is 7.73. The summed E-state index contributed by atoms with van der Waals surface area (Å²) in [5, 5.41) is 6.65. The van der Waals surface area contributed by atoms with Gasteiger partial charge in [0.05, 0.1) is 0 Å². The molecule has 1 aliphatic carbocycles. The molecule has 152 valence electrons. The second-order valence-corrected chi connectivity index (χ2v) is 9.91. The smallest absolute Gasteiger partial charge is 0.250 e. The van der Waals surface area contributed by atoms with E-state index >= 15 is 0 Å². The van der Waals surface area contributed by atoms with Crippen molar-refractivity contribution in [2.45, 2.75) is 62.6 Å². The molecule has 2 aromatic heterocycles. The van der Waals surface area contributed by atoms with Gasteiger partial charge in [0.1, 0.15) is 15.6 Å². The molecule has 2 heterocycles. The van der Waals surface area contributed by atoms with Crippen LogP contribution in [0.3, 0.4) is 0 Å². The van der Waals surface area contributed by atoms with Crippen molar-refractivity contribution in [3.8, 4) is 0 Å². The van der Waals surface area contributed by atoms with Crippen LogP contribution in [0.15, 0.2) is 20.9 Å². The third kappa shape index (κ3) is 5.09. The van der Waals surface area contributed by atoms with Gasteiger partial charge in [-0.05, 0) is 44.1 Å². The normalized spacial score (nSPS) is 15.9. The van der Waals surface area contributed by atoms with Crippen molar-refractivity contribution >= 4 is 45.1 Å². The number of hydrogen-bond acceptors (Lipinski definition) is 6. The van der Waals surface area contributed by atoms with Gasteiger partial charge < -0.3 is 9.84 Å². The van der Waals surface area contributed by atoms with Gasteiger partial charge in [0.15, 0.2) is 5.76 Å². The van der Waals surface area contributed by atoms with Crippen molar-refractivity contribution < 1.29 is 17.7 Å². The summed E-state index contributed by atoms with van der Waals surface area (Å²) in [5.74, 6) is 0.302. The number of anilines is 1. The molecule has 0 radical (unpaired) electrons. The van der Waals surface area contributed by atoms with Gasteiger partial charge in [-0.3, -0.25) is 4.79 Å². The molecule has 0 unspecified atom stereocenters. The SMILES string of the molecule is CCC(=O)Nc1c(C)noc1/C=C/c1ccc(S(=O)(=O)NC2CCCCC2)s1. The van der Waals surface area contributed by atoms with Crippen LogP contribution in [0.25, 0.3) is 12.2 Å². The minimum absolute atomic E-state index is 0.0294. The molecule has 0 aliphatic heterocycles. The Labute approximate surface area is 169 Å². The van der Waals surface area contributed by atoms with E-state index in [0.717, 1.165) is 30.6 Å². The molecule has 1 fully saturated rings. The van der Waals surface area contributed by atoms with Gasteiger partial charge in [-0.25, -0.2) is 13.1 Å². The lowest BCUT2D eigenvalue weighted by Crippen LogP contribution is -2.35. The third-order valence-electron chi connectivity index (χ3n) is 4.67. The first kappa shape index (κ1) is 20.8. The summed E-state index contributed by atoms with van der Waals surface area (Å²) in [4.78, 5) is 12.4. The maximum Gasteiger partial charge on any atom is 0.250 e. The van der Waals surface area contributed by atoms with Crippen LogP contribution in [-0.4, -0.2) is 25.5 Å². The highest BCUT2D eigenvalue weighted by molar-refractivity contribution is 7.91. The number of aryl methyl sites for hydroxylation is 1. The number of hydrogen-bond donors (Lipinski definition) is 2. The van der Waals surface area contributed by atoms with Crippen LogP contribution >= 0.6 is 11.3 Å². The van der Waals surface area contributed by atoms with Gasteiger partial charge in [-0.15, -0.1) is 11.3 Å². The summed E-state index contributed by atoms with van der Waals surface area (Å²) >= 11 is 1.19. The van der Waals surface area contributed by atoms with E-state index in [9.17, 15) is 13.2 Å². The lowest BCUT2D eigenvalue weighted by atomic mass is 9.96. The summed E-state index contributed by atoms with van der Waals surface area (Å²) in [5.41, 5.74) is 1.12. The molecule has 0 saturated heterocycles. The van der Waals surface area contributed by atoms with Crippen LogP contribution in [0.4, 0.5) is 5.69 Å². The quantitative estimate of drug-likeness (QED) is 0.696. The van der Waals surface area contributed by atoms with Crippen molar-refractivity contribution in [2.75, 3.05) is 5.32 Å². The van der Waals surface area contributed by atoms with E-state index in [4.69, 9.17) is 4.52 Å². The fraction of sp³-hybridized carbons (Fsp3) is 0.474. The lowest BCUT2D eigenvalue weighted by Gasteiger charge is -2.22. The Morgan fingerprint density at radius 2 is 2.04 bits per heavy atom. The van der Waals surface area contributed by atoms with Crippen molar-refractivity contribution in [2.24, 2.45) is 0 Å². The Kier molecular flexibility index (Phi) is 6.69. The van der Waals surface area contributed by atoms with E-state index in [1.165, 1.54) is 17.8 Å². The van der Waals surface area contributed by atoms with Gasteiger partial charge in [0, 0.05) is 17.3 Å². The standard InChI is InChI=1S/C19H25N3O4S2/c1-3-17(23)20-19-13(2)21-26-16(19)11-9-15-10-12-18(27-15)28(24,25)22-14-7-5-4-6-8-14/h9-12,14,22H,3-8H2,1-2H3,(H,20,23)/b11-9+. The highest BCUT2D eigenvalue weighted by Crippen LogP contribution is 2.27. The number of rotatable bonds is 7. The maximum absolute atomic E-state index is 12.6. The number of sulfonamides is 1. The fourth-order valence-electron chi connectivity index (χ4n) is 3.10. The largest absolute Gasteiger partial charge is 0.354 e. The molecule has 0 spiro atoms. The lowest BCUT2D eigenvalue weighted by molar-refractivity contribution is -0.115.